The van der Waals surface area contributed by atoms with Crippen molar-refractivity contribution in [1.82, 2.24) is 25.2 Å². The van der Waals surface area contributed by atoms with Crippen molar-refractivity contribution in [3.8, 4) is 11.4 Å². The van der Waals surface area contributed by atoms with E-state index < -0.39 is 18.0 Å². The zero-order chi connectivity index (χ0) is 18.0. The van der Waals surface area contributed by atoms with E-state index in [4.69, 9.17) is 0 Å². The number of carbonyl (C=O) groups excluding carboxylic acids is 2. The molecule has 0 aliphatic carbocycles. The molecule has 130 valence electrons. The summed E-state index contributed by atoms with van der Waals surface area (Å²) >= 11 is 0. The molecule has 2 aromatic rings. The fourth-order valence-corrected chi connectivity index (χ4v) is 2.65. The molecule has 8 heteroatoms. The Morgan fingerprint density at radius 1 is 1.32 bits per heavy atom. The number of hydrogen-bond acceptors (Lipinski definition) is 4. The van der Waals surface area contributed by atoms with Crippen molar-refractivity contribution in [1.29, 1.82) is 0 Å². The van der Waals surface area contributed by atoms with Crippen LogP contribution in [0.25, 0.3) is 17.6 Å². The Hall–Kier alpha value is -3.03. The van der Waals surface area contributed by atoms with Gasteiger partial charge < -0.3 is 0 Å². The van der Waals surface area contributed by atoms with Gasteiger partial charge in [-0.2, -0.15) is 0 Å². The predicted octanol–water partition coefficient (Wildman–Crippen LogP) is 1.63. The Morgan fingerprint density at radius 2 is 2.04 bits per heavy atom. The topological polar surface area (TPSA) is 80.1 Å². The second kappa shape index (κ2) is 6.84. The maximum atomic E-state index is 13.1. The summed E-state index contributed by atoms with van der Waals surface area (Å²) in [5.41, 5.74) is 5.46. The first-order valence-corrected chi connectivity index (χ1v) is 7.86. The van der Waals surface area contributed by atoms with E-state index in [-0.39, 0.29) is 13.0 Å². The lowest BCUT2D eigenvalue weighted by molar-refractivity contribution is -0.139. The maximum Gasteiger partial charge on any atom is 0.275 e. The average molecular weight is 343 g/mol. The second-order valence-electron chi connectivity index (χ2n) is 5.96. The minimum Gasteiger partial charge on any atom is -0.270 e. The van der Waals surface area contributed by atoms with E-state index in [0.29, 0.717) is 5.82 Å². The average Bonchev–Trinajstić information content (AvgIpc) is 3.14. The molecule has 0 radical (unpaired) electrons. The largest absolute Gasteiger partial charge is 0.275 e. The standard InChI is InChI=1S/C17H18FN5O2/c1-11-7-12(2)9-13(8-11)16-19-10-22(21-16)5-4-15(24)20-23-6-3-14(18)17(23)25/h4-5,7-10,14H,3,6H2,1-2H3,(H,20,24)/b5-4-. The van der Waals surface area contributed by atoms with Gasteiger partial charge in [-0.05, 0) is 26.0 Å². The van der Waals surface area contributed by atoms with E-state index in [1.165, 1.54) is 23.3 Å². The second-order valence-corrected chi connectivity index (χ2v) is 5.96. The quantitative estimate of drug-likeness (QED) is 0.856. The highest BCUT2D eigenvalue weighted by Gasteiger charge is 2.32. The lowest BCUT2D eigenvalue weighted by Gasteiger charge is -2.14. The molecule has 1 aromatic heterocycles. The number of alkyl halides is 1. The van der Waals surface area contributed by atoms with Crippen LogP contribution in [0.5, 0.6) is 0 Å². The minimum absolute atomic E-state index is 0.0885. The van der Waals surface area contributed by atoms with Gasteiger partial charge in [0.15, 0.2) is 12.0 Å². The summed E-state index contributed by atoms with van der Waals surface area (Å²) in [4.78, 5) is 27.5. The molecule has 0 spiro atoms. The molecule has 1 atom stereocenters. The van der Waals surface area contributed by atoms with Crippen molar-refractivity contribution in [3.05, 3.63) is 41.7 Å². The van der Waals surface area contributed by atoms with Gasteiger partial charge in [0, 0.05) is 30.8 Å². The van der Waals surface area contributed by atoms with E-state index in [1.54, 1.807) is 0 Å². The van der Waals surface area contributed by atoms with E-state index in [1.807, 2.05) is 26.0 Å². The van der Waals surface area contributed by atoms with Crippen LogP contribution in [0.2, 0.25) is 0 Å². The van der Waals surface area contributed by atoms with Gasteiger partial charge in [0.2, 0.25) is 0 Å². The molecule has 0 bridgehead atoms. The summed E-state index contributed by atoms with van der Waals surface area (Å²) in [6.45, 7) is 4.17. The van der Waals surface area contributed by atoms with Gasteiger partial charge >= 0.3 is 0 Å². The summed E-state index contributed by atoms with van der Waals surface area (Å²) in [6.07, 6.45) is 2.65. The Kier molecular flexibility index (Phi) is 4.60. The lowest BCUT2D eigenvalue weighted by Crippen LogP contribution is -2.43. The summed E-state index contributed by atoms with van der Waals surface area (Å²) in [6, 6.07) is 6.03. The number of halogens is 1. The molecule has 1 saturated heterocycles. The van der Waals surface area contributed by atoms with Gasteiger partial charge in [-0.1, -0.05) is 17.2 Å². The van der Waals surface area contributed by atoms with Crippen molar-refractivity contribution in [2.24, 2.45) is 0 Å². The Bertz CT molecular complexity index is 825. The number of aryl methyl sites for hydroxylation is 2. The molecule has 3 rings (SSSR count). The van der Waals surface area contributed by atoms with Crippen LogP contribution in [-0.2, 0) is 9.59 Å². The molecule has 0 saturated carbocycles. The number of nitrogens with one attached hydrogen (secondary N) is 1. The SMILES string of the molecule is Cc1cc(C)cc(-c2ncn(/C=C\C(=O)NN3CCC(F)C3=O)n2)c1. The van der Waals surface area contributed by atoms with Crippen LogP contribution in [0.4, 0.5) is 4.39 Å². The first-order chi connectivity index (χ1) is 11.9. The van der Waals surface area contributed by atoms with Crippen LogP contribution in [0.1, 0.15) is 17.5 Å². The normalized spacial score (nSPS) is 17.5. The highest BCUT2D eigenvalue weighted by atomic mass is 19.1. The molecule has 1 N–H and O–H groups in total. The van der Waals surface area contributed by atoms with Gasteiger partial charge in [0.05, 0.1) is 0 Å². The smallest absolute Gasteiger partial charge is 0.270 e. The molecule has 1 aliphatic heterocycles. The monoisotopic (exact) mass is 343 g/mol. The molecular formula is C17H18FN5O2. The summed E-state index contributed by atoms with van der Waals surface area (Å²) in [5.74, 6) is -0.711. The highest BCUT2D eigenvalue weighted by Crippen LogP contribution is 2.18. The Balaban J connectivity index is 1.65. The summed E-state index contributed by atoms with van der Waals surface area (Å²) in [5, 5.41) is 5.28. The van der Waals surface area contributed by atoms with Gasteiger partial charge in [0.1, 0.15) is 6.33 Å². The molecule has 1 aromatic carbocycles. The molecule has 2 amide bonds. The molecule has 7 nitrogen and oxygen atoms in total. The molecule has 2 heterocycles. The van der Waals surface area contributed by atoms with E-state index in [9.17, 15) is 14.0 Å². The van der Waals surface area contributed by atoms with Gasteiger partial charge in [-0.25, -0.2) is 14.1 Å². The summed E-state index contributed by atoms with van der Waals surface area (Å²) in [7, 11) is 0. The van der Waals surface area contributed by atoms with Gasteiger partial charge in [-0.3, -0.25) is 20.0 Å². The van der Waals surface area contributed by atoms with Crippen molar-refractivity contribution < 1.29 is 14.0 Å². The molecule has 1 fully saturated rings. The Labute approximate surface area is 144 Å². The van der Waals surface area contributed by atoms with Crippen molar-refractivity contribution in [2.45, 2.75) is 26.4 Å². The number of nitrogens with zero attached hydrogens (tertiary/aromatic N) is 4. The van der Waals surface area contributed by atoms with Crippen LogP contribution in [-0.4, -0.2) is 44.3 Å². The van der Waals surface area contributed by atoms with Crippen molar-refractivity contribution in [3.63, 3.8) is 0 Å². The minimum atomic E-state index is -1.54. The third kappa shape index (κ3) is 3.90. The van der Waals surface area contributed by atoms with Crippen LogP contribution < -0.4 is 5.43 Å². The third-order valence-electron chi connectivity index (χ3n) is 3.75. The maximum absolute atomic E-state index is 13.1. The molecule has 25 heavy (non-hydrogen) atoms. The van der Waals surface area contributed by atoms with Crippen LogP contribution >= 0.6 is 0 Å². The van der Waals surface area contributed by atoms with E-state index in [0.717, 1.165) is 21.7 Å². The number of carbonyl (C=O) groups is 2. The van der Waals surface area contributed by atoms with Crippen molar-refractivity contribution in [2.75, 3.05) is 6.54 Å². The molecule has 1 unspecified atom stereocenters. The first kappa shape index (κ1) is 16.8. The lowest BCUT2D eigenvalue weighted by atomic mass is 10.1. The van der Waals surface area contributed by atoms with Gasteiger partial charge in [0.25, 0.3) is 11.8 Å². The molecular weight excluding hydrogens is 325 g/mol. The number of amides is 2. The zero-order valence-electron chi connectivity index (χ0n) is 13.9. The Morgan fingerprint density at radius 3 is 2.68 bits per heavy atom. The third-order valence-corrected chi connectivity index (χ3v) is 3.75. The predicted molar refractivity (Wildman–Crippen MR) is 89.6 cm³/mol. The fourth-order valence-electron chi connectivity index (χ4n) is 2.65. The molecule has 1 aliphatic rings. The van der Waals surface area contributed by atoms with Gasteiger partial charge in [-0.15, -0.1) is 5.10 Å². The first-order valence-electron chi connectivity index (χ1n) is 7.86. The number of rotatable bonds is 4. The fraction of sp³-hybridized carbons (Fsp3) is 0.294. The summed E-state index contributed by atoms with van der Waals surface area (Å²) < 4.78 is 14.5. The number of hydrazine groups is 1. The van der Waals surface area contributed by atoms with Crippen molar-refractivity contribution >= 4 is 18.0 Å². The number of aromatic nitrogens is 3. The highest BCUT2D eigenvalue weighted by molar-refractivity contribution is 5.92. The van der Waals surface area contributed by atoms with Crippen LogP contribution in [0, 0.1) is 13.8 Å². The number of benzene rings is 1. The zero-order valence-corrected chi connectivity index (χ0v) is 13.9. The van der Waals surface area contributed by atoms with E-state index in [2.05, 4.69) is 21.6 Å². The van der Waals surface area contributed by atoms with E-state index >= 15 is 0 Å². The van der Waals surface area contributed by atoms with Crippen LogP contribution in [0.15, 0.2) is 30.6 Å². The van der Waals surface area contributed by atoms with Crippen LogP contribution in [0.3, 0.4) is 0 Å². The number of hydrogen-bond donors (Lipinski definition) is 1.